The second kappa shape index (κ2) is 6.10. The number of pyridine rings is 1. The molecule has 1 saturated carbocycles. The van der Waals surface area contributed by atoms with Gasteiger partial charge in [0.15, 0.2) is 9.84 Å². The number of aromatic nitrogens is 1. The Morgan fingerprint density at radius 1 is 1.33 bits per heavy atom. The number of hydrogen-bond acceptors (Lipinski definition) is 5. The number of carboxylic acids is 1. The summed E-state index contributed by atoms with van der Waals surface area (Å²) in [4.78, 5) is 24.3. The average Bonchev–Trinajstić information content (AvgIpc) is 3.41. The number of carbonyl (C=O) groups is 1. The van der Waals surface area contributed by atoms with E-state index in [2.05, 4.69) is 0 Å². The summed E-state index contributed by atoms with van der Waals surface area (Å²) in [7, 11) is -3.74. The second-order valence-corrected chi connectivity index (χ2v) is 8.98. The van der Waals surface area contributed by atoms with Gasteiger partial charge in [0.1, 0.15) is 11.3 Å². The number of ether oxygens (including phenoxy) is 1. The summed E-state index contributed by atoms with van der Waals surface area (Å²) < 4.78 is 32.5. The van der Waals surface area contributed by atoms with Crippen molar-refractivity contribution in [1.82, 2.24) is 4.57 Å². The number of sulfone groups is 1. The van der Waals surface area contributed by atoms with Crippen LogP contribution in [0, 0.1) is 0 Å². The van der Waals surface area contributed by atoms with Crippen LogP contribution >= 0.6 is 11.6 Å². The Hall–Kier alpha value is -2.32. The molecule has 1 aliphatic heterocycles. The molecule has 9 heteroatoms. The smallest absolute Gasteiger partial charge is 0.341 e. The maximum atomic E-state index is 12.8. The Morgan fingerprint density at radius 2 is 2.04 bits per heavy atom. The van der Waals surface area contributed by atoms with E-state index < -0.39 is 26.9 Å². The quantitative estimate of drug-likeness (QED) is 0.832. The van der Waals surface area contributed by atoms with Crippen LogP contribution in [0.3, 0.4) is 0 Å². The number of benzene rings is 1. The Kier molecular flexibility index (Phi) is 4.08. The fraction of sp³-hybridized carbons (Fsp3) is 0.333. The Labute approximate surface area is 160 Å². The highest BCUT2D eigenvalue weighted by atomic mass is 35.5. The first-order valence-electron chi connectivity index (χ1n) is 8.45. The number of carboxylic acid groups (broad SMARTS) is 1. The lowest BCUT2D eigenvalue weighted by atomic mass is 10.0. The lowest BCUT2D eigenvalue weighted by molar-refractivity contribution is 0.0694. The van der Waals surface area contributed by atoms with Gasteiger partial charge in [-0.2, -0.15) is 0 Å². The minimum atomic E-state index is -3.74. The molecule has 1 aliphatic carbocycles. The maximum Gasteiger partial charge on any atom is 0.341 e. The van der Waals surface area contributed by atoms with Gasteiger partial charge in [-0.15, -0.1) is 0 Å². The van der Waals surface area contributed by atoms with E-state index in [-0.39, 0.29) is 27.5 Å². The van der Waals surface area contributed by atoms with Crippen molar-refractivity contribution in [2.45, 2.75) is 36.5 Å². The van der Waals surface area contributed by atoms with Gasteiger partial charge in [0.2, 0.25) is 0 Å². The van der Waals surface area contributed by atoms with Crippen LogP contribution < -0.4 is 10.3 Å². The van der Waals surface area contributed by atoms with E-state index >= 15 is 0 Å². The highest BCUT2D eigenvalue weighted by molar-refractivity contribution is 7.90. The van der Waals surface area contributed by atoms with Crippen LogP contribution in [0.1, 0.15) is 41.7 Å². The molecule has 2 aliphatic rings. The Balaban J connectivity index is 2.09. The van der Waals surface area contributed by atoms with E-state index in [1.54, 1.807) is 6.92 Å². The molecule has 1 aromatic carbocycles. The molecule has 0 amide bonds. The highest BCUT2D eigenvalue weighted by Gasteiger charge is 2.37. The van der Waals surface area contributed by atoms with E-state index in [9.17, 15) is 23.1 Å². The van der Waals surface area contributed by atoms with Crippen LogP contribution in [0.25, 0.3) is 11.3 Å². The number of fused-ring (bicyclic) bond motifs is 3. The fourth-order valence-electron chi connectivity index (χ4n) is 3.46. The van der Waals surface area contributed by atoms with E-state index in [0.29, 0.717) is 23.4 Å². The third kappa shape index (κ3) is 2.83. The molecule has 0 bridgehead atoms. The summed E-state index contributed by atoms with van der Waals surface area (Å²) in [6.07, 6.45) is 1.48. The summed E-state index contributed by atoms with van der Waals surface area (Å²) in [5, 5.41) is 9.59. The van der Waals surface area contributed by atoms with Crippen molar-refractivity contribution in [2.75, 3.05) is 6.61 Å². The molecule has 2 aromatic rings. The van der Waals surface area contributed by atoms with Crippen LogP contribution in [-0.2, 0) is 15.6 Å². The first kappa shape index (κ1) is 18.1. The summed E-state index contributed by atoms with van der Waals surface area (Å²) in [6, 6.07) is 3.90. The zero-order valence-corrected chi connectivity index (χ0v) is 15.9. The predicted molar refractivity (Wildman–Crippen MR) is 98.4 cm³/mol. The van der Waals surface area contributed by atoms with Gasteiger partial charge in [0.05, 0.1) is 28.0 Å². The predicted octanol–water partition coefficient (Wildman–Crippen LogP) is 2.89. The number of rotatable bonds is 4. The van der Waals surface area contributed by atoms with Crippen LogP contribution in [0.2, 0.25) is 5.02 Å². The van der Waals surface area contributed by atoms with E-state index in [4.69, 9.17) is 16.3 Å². The third-order valence-electron chi connectivity index (χ3n) is 4.72. The van der Waals surface area contributed by atoms with Crippen molar-refractivity contribution in [3.8, 4) is 17.0 Å². The normalized spacial score (nSPS) is 17.1. The zero-order chi connectivity index (χ0) is 19.5. The lowest BCUT2D eigenvalue weighted by Crippen LogP contribution is -2.30. The van der Waals surface area contributed by atoms with Crippen molar-refractivity contribution in [3.63, 3.8) is 0 Å². The first-order valence-corrected chi connectivity index (χ1v) is 10.5. The van der Waals surface area contributed by atoms with Gasteiger partial charge in [0, 0.05) is 17.7 Å². The molecule has 7 nitrogen and oxygen atoms in total. The van der Waals surface area contributed by atoms with Crippen LogP contribution in [0.5, 0.6) is 5.75 Å². The molecule has 1 N–H and O–H groups in total. The van der Waals surface area contributed by atoms with Gasteiger partial charge in [-0.25, -0.2) is 13.2 Å². The standard InChI is InChI=1S/C18H16ClNO6S/c1-2-26-14-7-15-11(6-13(14)19)16-9(8-27(15,24)25)5-12(18(22)23)17(21)20(16)10-3-4-10/h5-7,10H,2-4,8H2,1H3,(H,22,23). The van der Waals surface area contributed by atoms with Crippen LogP contribution in [0.15, 0.2) is 27.9 Å². The van der Waals surface area contributed by atoms with Gasteiger partial charge < -0.3 is 14.4 Å². The van der Waals surface area contributed by atoms with Crippen molar-refractivity contribution < 1.29 is 23.1 Å². The summed E-state index contributed by atoms with van der Waals surface area (Å²) in [5.74, 6) is -1.49. The van der Waals surface area contributed by atoms with Gasteiger partial charge in [-0.1, -0.05) is 11.6 Å². The van der Waals surface area contributed by atoms with Gasteiger partial charge in [-0.3, -0.25) is 4.79 Å². The number of nitrogens with zero attached hydrogens (tertiary/aromatic N) is 1. The van der Waals surface area contributed by atoms with Gasteiger partial charge >= 0.3 is 5.97 Å². The summed E-state index contributed by atoms with van der Waals surface area (Å²) >= 11 is 6.27. The fourth-order valence-corrected chi connectivity index (χ4v) is 5.24. The molecule has 27 heavy (non-hydrogen) atoms. The molecule has 4 rings (SSSR count). The molecule has 1 aromatic heterocycles. The minimum absolute atomic E-state index is 0.0414. The zero-order valence-electron chi connectivity index (χ0n) is 14.4. The maximum absolute atomic E-state index is 12.8. The molecular weight excluding hydrogens is 394 g/mol. The van der Waals surface area contributed by atoms with E-state index in [1.165, 1.54) is 22.8 Å². The average molecular weight is 410 g/mol. The van der Waals surface area contributed by atoms with Gasteiger partial charge in [0.25, 0.3) is 5.56 Å². The van der Waals surface area contributed by atoms with Crippen LogP contribution in [0.4, 0.5) is 0 Å². The molecule has 0 unspecified atom stereocenters. The van der Waals surface area contributed by atoms with Crippen molar-refractivity contribution in [1.29, 1.82) is 0 Å². The monoisotopic (exact) mass is 409 g/mol. The first-order chi connectivity index (χ1) is 12.7. The van der Waals surface area contributed by atoms with Gasteiger partial charge in [-0.05, 0) is 37.5 Å². The third-order valence-corrected chi connectivity index (χ3v) is 6.72. The topological polar surface area (TPSA) is 103 Å². The van der Waals surface area contributed by atoms with Crippen molar-refractivity contribution >= 4 is 27.4 Å². The molecule has 0 radical (unpaired) electrons. The van der Waals surface area contributed by atoms with E-state index in [0.717, 1.165) is 12.8 Å². The van der Waals surface area contributed by atoms with Crippen molar-refractivity contribution in [3.05, 3.63) is 44.7 Å². The number of halogens is 1. The second-order valence-electron chi connectivity index (χ2n) is 6.61. The highest BCUT2D eigenvalue weighted by Crippen LogP contribution is 2.46. The summed E-state index contributed by atoms with van der Waals surface area (Å²) in [5.41, 5.74) is -0.00474. The molecular formula is C18H16ClNO6S. The molecule has 2 heterocycles. The molecule has 1 fully saturated rings. The minimum Gasteiger partial charge on any atom is -0.492 e. The lowest BCUT2D eigenvalue weighted by Gasteiger charge is -2.25. The Morgan fingerprint density at radius 3 is 2.63 bits per heavy atom. The largest absolute Gasteiger partial charge is 0.492 e. The van der Waals surface area contributed by atoms with E-state index in [1.807, 2.05) is 0 Å². The summed E-state index contributed by atoms with van der Waals surface area (Å²) in [6.45, 7) is 2.08. The SMILES string of the molecule is CCOc1cc2c(cc1Cl)-c1c(cc(C(=O)O)c(=O)n1C1CC1)CS2(=O)=O. The number of hydrogen-bond donors (Lipinski definition) is 1. The number of aromatic carboxylic acids is 1. The van der Waals surface area contributed by atoms with Crippen molar-refractivity contribution in [2.24, 2.45) is 0 Å². The Bertz CT molecular complexity index is 1150. The molecule has 0 saturated heterocycles. The van der Waals surface area contributed by atoms with Crippen LogP contribution in [-0.4, -0.2) is 30.7 Å². The molecule has 0 atom stereocenters. The molecule has 0 spiro atoms. The molecule has 142 valence electrons.